The van der Waals surface area contributed by atoms with Gasteiger partial charge in [-0.1, -0.05) is 40.2 Å². The molecule has 0 atom stereocenters. The van der Waals surface area contributed by atoms with E-state index < -0.39 is 10.0 Å². The number of hydrogen-bond donors (Lipinski definition) is 0. The van der Waals surface area contributed by atoms with E-state index >= 15 is 0 Å². The van der Waals surface area contributed by atoms with E-state index in [9.17, 15) is 8.42 Å². The van der Waals surface area contributed by atoms with Crippen molar-refractivity contribution in [1.29, 1.82) is 0 Å². The van der Waals surface area contributed by atoms with Gasteiger partial charge in [0.2, 0.25) is 0 Å². The molecular weight excluding hydrogens is 418 g/mol. The van der Waals surface area contributed by atoms with Gasteiger partial charge in [-0.15, -0.1) is 6.58 Å². The summed E-state index contributed by atoms with van der Waals surface area (Å²) in [6, 6.07) is 14.0. The van der Waals surface area contributed by atoms with E-state index in [2.05, 4.69) is 38.4 Å². The monoisotopic (exact) mass is 429 g/mol. The molecule has 0 radical (unpaired) electrons. The van der Waals surface area contributed by atoms with Crippen molar-refractivity contribution in [3.63, 3.8) is 0 Å². The molecule has 0 aromatic heterocycles. The maximum atomic E-state index is 12.9. The van der Waals surface area contributed by atoms with Gasteiger partial charge in [0, 0.05) is 8.95 Å². The Kier molecular flexibility index (Phi) is 5.24. The lowest BCUT2D eigenvalue weighted by molar-refractivity contribution is 0.592. The molecule has 0 aliphatic carbocycles. The third-order valence-corrected chi connectivity index (χ3v) is 6.08. The molecule has 0 unspecified atom stereocenters. The first-order chi connectivity index (χ1) is 9.96. The SMILES string of the molecule is C=CCN(c1ccccc1)S(=O)(=O)c1cc(Br)ccc1Br. The summed E-state index contributed by atoms with van der Waals surface area (Å²) in [5.74, 6) is 0. The highest BCUT2D eigenvalue weighted by molar-refractivity contribution is 9.11. The van der Waals surface area contributed by atoms with E-state index in [1.807, 2.05) is 6.07 Å². The van der Waals surface area contributed by atoms with Crippen LogP contribution in [0, 0.1) is 0 Å². The number of benzene rings is 2. The first-order valence-electron chi connectivity index (χ1n) is 6.10. The van der Waals surface area contributed by atoms with Crippen LogP contribution < -0.4 is 4.31 Å². The number of para-hydroxylation sites is 1. The lowest BCUT2D eigenvalue weighted by Crippen LogP contribution is -2.31. The third kappa shape index (κ3) is 3.56. The van der Waals surface area contributed by atoms with Crippen LogP contribution in [-0.2, 0) is 10.0 Å². The summed E-state index contributed by atoms with van der Waals surface area (Å²) >= 11 is 6.61. The molecule has 0 N–H and O–H groups in total. The summed E-state index contributed by atoms with van der Waals surface area (Å²) in [6.45, 7) is 3.85. The van der Waals surface area contributed by atoms with E-state index in [0.29, 0.717) is 14.6 Å². The van der Waals surface area contributed by atoms with Crippen molar-refractivity contribution < 1.29 is 8.42 Å². The average Bonchev–Trinajstić information content (AvgIpc) is 2.48. The zero-order valence-electron chi connectivity index (χ0n) is 11.0. The molecule has 3 nitrogen and oxygen atoms in total. The Morgan fingerprint density at radius 3 is 2.38 bits per heavy atom. The number of nitrogens with zero attached hydrogens (tertiary/aromatic N) is 1. The van der Waals surface area contributed by atoms with Gasteiger partial charge in [0.05, 0.1) is 12.2 Å². The van der Waals surface area contributed by atoms with E-state index in [1.54, 1.807) is 48.5 Å². The van der Waals surface area contributed by atoms with Crippen LogP contribution in [0.5, 0.6) is 0 Å². The van der Waals surface area contributed by atoms with Crippen molar-refractivity contribution in [2.24, 2.45) is 0 Å². The number of anilines is 1. The van der Waals surface area contributed by atoms with Gasteiger partial charge in [0.15, 0.2) is 0 Å². The number of sulfonamides is 1. The van der Waals surface area contributed by atoms with Gasteiger partial charge >= 0.3 is 0 Å². The third-order valence-electron chi connectivity index (χ3n) is 2.80. The second kappa shape index (κ2) is 6.77. The molecule has 0 saturated heterocycles. The van der Waals surface area contributed by atoms with Crippen LogP contribution in [0.2, 0.25) is 0 Å². The average molecular weight is 431 g/mol. The predicted molar refractivity (Wildman–Crippen MR) is 93.0 cm³/mol. The quantitative estimate of drug-likeness (QED) is 0.650. The van der Waals surface area contributed by atoms with E-state index in [-0.39, 0.29) is 11.4 Å². The first kappa shape index (κ1) is 16.3. The van der Waals surface area contributed by atoms with Crippen molar-refractivity contribution >= 4 is 47.6 Å². The fourth-order valence-corrected chi connectivity index (χ4v) is 4.75. The summed E-state index contributed by atoms with van der Waals surface area (Å²) in [5.41, 5.74) is 0.601. The Morgan fingerprint density at radius 2 is 1.76 bits per heavy atom. The van der Waals surface area contributed by atoms with Crippen molar-refractivity contribution in [1.82, 2.24) is 0 Å². The van der Waals surface area contributed by atoms with Gasteiger partial charge in [-0.25, -0.2) is 8.42 Å². The van der Waals surface area contributed by atoms with Crippen LogP contribution in [0.3, 0.4) is 0 Å². The Hall–Kier alpha value is -1.11. The molecule has 0 heterocycles. The zero-order valence-corrected chi connectivity index (χ0v) is 15.0. The molecule has 2 aromatic rings. The van der Waals surface area contributed by atoms with Gasteiger partial charge in [-0.2, -0.15) is 0 Å². The summed E-state index contributed by atoms with van der Waals surface area (Å²) in [5, 5.41) is 0. The van der Waals surface area contributed by atoms with E-state index in [0.717, 1.165) is 0 Å². The Morgan fingerprint density at radius 1 is 1.10 bits per heavy atom. The largest absolute Gasteiger partial charge is 0.265 e. The normalized spacial score (nSPS) is 11.1. The lowest BCUT2D eigenvalue weighted by atomic mass is 10.3. The van der Waals surface area contributed by atoms with Gasteiger partial charge in [-0.3, -0.25) is 4.31 Å². The molecule has 0 aliphatic rings. The summed E-state index contributed by atoms with van der Waals surface area (Å²) < 4.78 is 28.4. The number of hydrogen-bond acceptors (Lipinski definition) is 2. The molecule has 0 amide bonds. The van der Waals surface area contributed by atoms with E-state index in [4.69, 9.17) is 0 Å². The summed E-state index contributed by atoms with van der Waals surface area (Å²) in [4.78, 5) is 0.211. The molecule has 0 bridgehead atoms. The predicted octanol–water partition coefficient (Wildman–Crippen LogP) is 4.59. The molecule has 0 aliphatic heterocycles. The van der Waals surface area contributed by atoms with Crippen LogP contribution in [0.1, 0.15) is 0 Å². The van der Waals surface area contributed by atoms with Crippen molar-refractivity contribution in [2.75, 3.05) is 10.8 Å². The van der Waals surface area contributed by atoms with Crippen LogP contribution in [0.15, 0.2) is 75.0 Å². The van der Waals surface area contributed by atoms with Crippen LogP contribution >= 0.6 is 31.9 Å². The summed E-state index contributed by atoms with van der Waals surface area (Å²) in [6.07, 6.45) is 1.57. The molecular formula is C15H13Br2NO2S. The minimum absolute atomic E-state index is 0.200. The van der Waals surface area contributed by atoms with E-state index in [1.165, 1.54) is 4.31 Å². The topological polar surface area (TPSA) is 37.4 Å². The van der Waals surface area contributed by atoms with Crippen molar-refractivity contribution in [2.45, 2.75) is 4.90 Å². The highest BCUT2D eigenvalue weighted by atomic mass is 79.9. The minimum Gasteiger partial charge on any atom is -0.263 e. The molecule has 110 valence electrons. The fourth-order valence-electron chi connectivity index (χ4n) is 1.85. The van der Waals surface area contributed by atoms with Crippen LogP contribution in [0.25, 0.3) is 0 Å². The van der Waals surface area contributed by atoms with Gasteiger partial charge < -0.3 is 0 Å². The number of rotatable bonds is 5. The maximum Gasteiger partial charge on any atom is 0.265 e. The molecule has 0 spiro atoms. The second-order valence-electron chi connectivity index (χ2n) is 4.24. The zero-order chi connectivity index (χ0) is 15.5. The highest BCUT2D eigenvalue weighted by Gasteiger charge is 2.26. The fraction of sp³-hybridized carbons (Fsp3) is 0.0667. The Balaban J connectivity index is 2.58. The standard InChI is InChI=1S/C15H13Br2NO2S/c1-2-10-18(13-6-4-3-5-7-13)21(19,20)15-11-12(16)8-9-14(15)17/h2-9,11H,1,10H2. The molecule has 21 heavy (non-hydrogen) atoms. The molecule has 0 fully saturated rings. The summed E-state index contributed by atoms with van der Waals surface area (Å²) in [7, 11) is -3.68. The van der Waals surface area contributed by atoms with Crippen LogP contribution in [-0.4, -0.2) is 15.0 Å². The lowest BCUT2D eigenvalue weighted by Gasteiger charge is -2.23. The van der Waals surface area contributed by atoms with Gasteiger partial charge in [0.1, 0.15) is 4.90 Å². The van der Waals surface area contributed by atoms with Crippen LogP contribution in [0.4, 0.5) is 5.69 Å². The van der Waals surface area contributed by atoms with Gasteiger partial charge in [0.25, 0.3) is 10.0 Å². The smallest absolute Gasteiger partial charge is 0.263 e. The minimum atomic E-state index is -3.68. The van der Waals surface area contributed by atoms with Gasteiger partial charge in [-0.05, 0) is 46.3 Å². The molecule has 2 rings (SSSR count). The number of halogens is 2. The second-order valence-corrected chi connectivity index (χ2v) is 7.84. The maximum absolute atomic E-state index is 12.9. The Labute approximate surface area is 141 Å². The Bertz CT molecular complexity index is 746. The molecule has 0 saturated carbocycles. The van der Waals surface area contributed by atoms with Crippen molar-refractivity contribution in [3.8, 4) is 0 Å². The van der Waals surface area contributed by atoms with Crippen molar-refractivity contribution in [3.05, 3.63) is 70.1 Å². The molecule has 2 aromatic carbocycles. The first-order valence-corrected chi connectivity index (χ1v) is 9.13. The molecule has 6 heteroatoms. The highest BCUT2D eigenvalue weighted by Crippen LogP contribution is 2.30.